The van der Waals surface area contributed by atoms with Gasteiger partial charge < -0.3 is 5.11 Å². The zero-order valence-electron chi connectivity index (χ0n) is 17.9. The van der Waals surface area contributed by atoms with Gasteiger partial charge in [0.15, 0.2) is 0 Å². The second-order valence-corrected chi connectivity index (χ2v) is 10.7. The minimum absolute atomic E-state index is 0.0244. The first-order valence-corrected chi connectivity index (χ1v) is 12.4. The van der Waals surface area contributed by atoms with Crippen LogP contribution in [-0.2, 0) is 0 Å². The highest BCUT2D eigenvalue weighted by atomic mass is 31.2. The number of Topliss-reactive ketones (excluding diaryl/α,β-unsaturated/α-hetero) is 1. The molecule has 0 radical (unpaired) electrons. The molecule has 0 atom stereocenters. The van der Waals surface area contributed by atoms with E-state index in [2.05, 4.69) is 36.4 Å². The lowest BCUT2D eigenvalue weighted by Crippen LogP contribution is -2.26. The summed E-state index contributed by atoms with van der Waals surface area (Å²) < 4.78 is 0. The number of nitrogens with zero attached hydrogens (tertiary/aromatic N) is 1. The topological polar surface area (TPSA) is 61.1 Å². The molecule has 0 unspecified atom stereocenters. The number of aromatic hydroxyl groups is 1. The molecule has 0 aliphatic carbocycles. The van der Waals surface area contributed by atoms with Crippen LogP contribution in [-0.4, -0.2) is 16.7 Å². The molecule has 0 amide bonds. The van der Waals surface area contributed by atoms with Gasteiger partial charge in [-0.1, -0.05) is 109 Å². The van der Waals surface area contributed by atoms with Gasteiger partial charge >= 0.3 is 0 Å². The normalized spacial score (nSPS) is 11.4. The fourth-order valence-electron chi connectivity index (χ4n) is 3.86. The second kappa shape index (κ2) is 10.0. The molecule has 1 N–H and O–H groups in total. The summed E-state index contributed by atoms with van der Waals surface area (Å²) in [5, 5.41) is 23.3. The first kappa shape index (κ1) is 22.1. The molecule has 4 aromatic carbocycles. The molecule has 0 fully saturated rings. The molecular weight excluding hydrogens is 425 g/mol. The highest BCUT2D eigenvalue weighted by Crippen LogP contribution is 2.43. The molecule has 160 valence electrons. The van der Waals surface area contributed by atoms with E-state index < -0.39 is 12.7 Å². The van der Waals surface area contributed by atoms with Gasteiger partial charge in [-0.2, -0.15) is 5.26 Å². The minimum Gasteiger partial charge on any atom is -0.507 e. The molecule has 0 heterocycles. The summed E-state index contributed by atoms with van der Waals surface area (Å²) in [5.74, 6) is 1.38. The SMILES string of the molecule is N#C/C(=C\C=P(c1ccccc1)(c1ccccc1)c1ccccc1)C(=O)c1ccccc1O. The smallest absolute Gasteiger partial charge is 0.207 e. The Morgan fingerprint density at radius 2 is 1.12 bits per heavy atom. The van der Waals surface area contributed by atoms with Crippen molar-refractivity contribution in [1.82, 2.24) is 0 Å². The standard InChI is InChI=1S/C29H22NO2P/c30-22-23(29(32)27-18-10-11-19-28(27)31)20-21-33(24-12-4-1-5-13-24,25-14-6-2-7-15-25)26-16-8-3-9-17-26/h1-21,31H/b23-20+. The number of nitriles is 1. The van der Waals surface area contributed by atoms with E-state index in [1.54, 1.807) is 18.2 Å². The van der Waals surface area contributed by atoms with Crippen LogP contribution in [0.2, 0.25) is 0 Å². The number of benzene rings is 4. The van der Waals surface area contributed by atoms with Gasteiger partial charge in [0, 0.05) is 0 Å². The van der Waals surface area contributed by atoms with Crippen molar-refractivity contribution in [2.24, 2.45) is 0 Å². The second-order valence-electron chi connectivity index (χ2n) is 7.42. The molecule has 4 aromatic rings. The van der Waals surface area contributed by atoms with Crippen molar-refractivity contribution in [3.05, 3.63) is 132 Å². The number of para-hydroxylation sites is 1. The van der Waals surface area contributed by atoms with Crippen molar-refractivity contribution in [3.8, 4) is 11.8 Å². The lowest BCUT2D eigenvalue weighted by Gasteiger charge is -2.28. The quantitative estimate of drug-likeness (QED) is 0.200. The van der Waals surface area contributed by atoms with E-state index in [1.165, 1.54) is 12.1 Å². The average Bonchev–Trinajstić information content (AvgIpc) is 2.88. The van der Waals surface area contributed by atoms with E-state index in [0.717, 1.165) is 15.9 Å². The average molecular weight is 447 g/mol. The summed E-state index contributed by atoms with van der Waals surface area (Å²) in [6.07, 6.45) is 1.62. The number of carbonyl (C=O) groups is 1. The van der Waals surface area contributed by atoms with Crippen molar-refractivity contribution in [2.45, 2.75) is 0 Å². The highest BCUT2D eigenvalue weighted by Gasteiger charge is 2.25. The van der Waals surface area contributed by atoms with Crippen LogP contribution in [0.5, 0.6) is 5.75 Å². The van der Waals surface area contributed by atoms with Crippen LogP contribution in [0, 0.1) is 11.3 Å². The van der Waals surface area contributed by atoms with Crippen LogP contribution in [0.4, 0.5) is 0 Å². The number of allylic oxidation sites excluding steroid dienone is 2. The first-order valence-electron chi connectivity index (χ1n) is 10.5. The lowest BCUT2D eigenvalue weighted by atomic mass is 10.0. The number of phenolic OH excluding ortho intramolecular Hbond substituents is 1. The van der Waals surface area contributed by atoms with Crippen LogP contribution in [0.25, 0.3) is 0 Å². The summed E-state index contributed by atoms with van der Waals surface area (Å²) in [4.78, 5) is 13.1. The zero-order valence-corrected chi connectivity index (χ0v) is 18.8. The number of ketones is 1. The van der Waals surface area contributed by atoms with Gasteiger partial charge in [-0.25, -0.2) is 0 Å². The van der Waals surface area contributed by atoms with Crippen LogP contribution in [0.1, 0.15) is 10.4 Å². The monoisotopic (exact) mass is 447 g/mol. The summed E-state index contributed by atoms with van der Waals surface area (Å²) in [6.45, 7) is -2.33. The predicted molar refractivity (Wildman–Crippen MR) is 137 cm³/mol. The number of phenols is 1. The predicted octanol–water partition coefficient (Wildman–Crippen LogP) is 4.82. The summed E-state index contributed by atoms with van der Waals surface area (Å²) in [7, 11) is 0. The molecule has 4 heteroatoms. The largest absolute Gasteiger partial charge is 0.507 e. The first-order chi connectivity index (χ1) is 16.2. The van der Waals surface area contributed by atoms with Crippen molar-refractivity contribution in [1.29, 1.82) is 5.26 Å². The number of carbonyl (C=O) groups excluding carboxylic acids is 1. The van der Waals surface area contributed by atoms with Gasteiger partial charge in [0.1, 0.15) is 17.4 Å². The van der Waals surface area contributed by atoms with Gasteiger partial charge in [0.2, 0.25) is 5.78 Å². The Kier molecular flexibility index (Phi) is 6.69. The molecule has 0 aromatic heterocycles. The molecular formula is C29H22NO2P. The minimum atomic E-state index is -2.33. The third-order valence-corrected chi connectivity index (χ3v) is 9.40. The third-order valence-electron chi connectivity index (χ3n) is 5.47. The Hall–Kier alpha value is -4.12. The van der Waals surface area contributed by atoms with Gasteiger partial charge in [0.25, 0.3) is 0 Å². The molecule has 33 heavy (non-hydrogen) atoms. The van der Waals surface area contributed by atoms with E-state index in [0.29, 0.717) is 0 Å². The van der Waals surface area contributed by atoms with Crippen LogP contribution >= 0.6 is 6.89 Å². The lowest BCUT2D eigenvalue weighted by molar-refractivity contribution is 0.103. The van der Waals surface area contributed by atoms with Gasteiger partial charge in [-0.15, -0.1) is 0 Å². The van der Waals surface area contributed by atoms with Crippen molar-refractivity contribution >= 4 is 34.4 Å². The Morgan fingerprint density at radius 3 is 1.55 bits per heavy atom. The molecule has 0 aliphatic rings. The molecule has 0 saturated carbocycles. The van der Waals surface area contributed by atoms with Crippen LogP contribution < -0.4 is 15.9 Å². The number of hydrogen-bond acceptors (Lipinski definition) is 3. The molecule has 0 saturated heterocycles. The molecule has 0 bridgehead atoms. The van der Waals surface area contributed by atoms with E-state index in [9.17, 15) is 15.2 Å². The van der Waals surface area contributed by atoms with Crippen molar-refractivity contribution < 1.29 is 9.90 Å². The van der Waals surface area contributed by atoms with Crippen molar-refractivity contribution in [2.75, 3.05) is 0 Å². The number of rotatable bonds is 6. The molecule has 3 nitrogen and oxygen atoms in total. The van der Waals surface area contributed by atoms with Crippen LogP contribution in [0.3, 0.4) is 0 Å². The fourth-order valence-corrected chi connectivity index (χ4v) is 7.57. The van der Waals surface area contributed by atoms with E-state index >= 15 is 0 Å². The molecule has 0 aliphatic heterocycles. The Morgan fingerprint density at radius 1 is 0.697 bits per heavy atom. The van der Waals surface area contributed by atoms with Crippen molar-refractivity contribution in [3.63, 3.8) is 0 Å². The molecule has 0 spiro atoms. The maximum absolute atomic E-state index is 13.1. The maximum Gasteiger partial charge on any atom is 0.207 e. The summed E-state index contributed by atoms with van der Waals surface area (Å²) >= 11 is 0. The summed E-state index contributed by atoms with van der Waals surface area (Å²) in [5.41, 5.74) is 0.0884. The Bertz CT molecular complexity index is 1280. The highest BCUT2D eigenvalue weighted by molar-refractivity contribution is 7.94. The van der Waals surface area contributed by atoms with Crippen LogP contribution in [0.15, 0.2) is 127 Å². The zero-order chi connectivity index (χ0) is 23.1. The van der Waals surface area contributed by atoms with E-state index in [1.807, 2.05) is 66.5 Å². The maximum atomic E-state index is 13.1. The Balaban J connectivity index is 2.02. The van der Waals surface area contributed by atoms with E-state index in [4.69, 9.17) is 0 Å². The van der Waals surface area contributed by atoms with Gasteiger partial charge in [0.05, 0.1) is 5.56 Å². The Labute approximate surface area is 193 Å². The van der Waals surface area contributed by atoms with E-state index in [-0.39, 0.29) is 16.9 Å². The third kappa shape index (κ3) is 4.44. The van der Waals surface area contributed by atoms with Gasteiger partial charge in [-0.3, -0.25) is 4.79 Å². The summed E-state index contributed by atoms with van der Waals surface area (Å²) in [6, 6.07) is 38.8. The number of hydrogen-bond donors (Lipinski definition) is 1. The fraction of sp³-hybridized carbons (Fsp3) is 0. The van der Waals surface area contributed by atoms with Gasteiger partial charge in [-0.05, 0) is 41.0 Å². The molecule has 4 rings (SSSR count).